The van der Waals surface area contributed by atoms with Crippen LogP contribution in [0.25, 0.3) is 0 Å². The number of nitrogens with two attached hydrogens (primary N) is 1. The molecule has 1 unspecified atom stereocenters. The maximum atomic E-state index is 6.12. The van der Waals surface area contributed by atoms with Gasteiger partial charge >= 0.3 is 0 Å². The Morgan fingerprint density at radius 3 is 2.65 bits per heavy atom. The Hall–Kier alpha value is -1.19. The maximum absolute atomic E-state index is 6.12. The standard InChI is InChI=1S/C13H26N4/c1-5-7-9-10(3)15-13-12(14)11(8-6-2)16-17(13)4/h10,15H,5-9,14H2,1-4H3. The van der Waals surface area contributed by atoms with E-state index in [0.717, 1.165) is 30.0 Å². The first-order valence-electron chi connectivity index (χ1n) is 6.68. The fourth-order valence-electron chi connectivity index (χ4n) is 2.00. The van der Waals surface area contributed by atoms with Crippen molar-refractivity contribution in [2.75, 3.05) is 11.1 Å². The van der Waals surface area contributed by atoms with E-state index in [0.29, 0.717) is 6.04 Å². The van der Waals surface area contributed by atoms with Gasteiger partial charge in [-0.3, -0.25) is 4.68 Å². The number of aryl methyl sites for hydroxylation is 2. The van der Waals surface area contributed by atoms with Crippen molar-refractivity contribution in [1.82, 2.24) is 9.78 Å². The molecular weight excluding hydrogens is 212 g/mol. The highest BCUT2D eigenvalue weighted by Crippen LogP contribution is 2.24. The molecule has 3 N–H and O–H groups in total. The molecule has 1 aromatic heterocycles. The highest BCUT2D eigenvalue weighted by molar-refractivity contribution is 5.65. The first-order chi connectivity index (χ1) is 8.10. The fraction of sp³-hybridized carbons (Fsp3) is 0.769. The highest BCUT2D eigenvalue weighted by Gasteiger charge is 2.14. The van der Waals surface area contributed by atoms with Gasteiger partial charge in [-0.2, -0.15) is 5.10 Å². The number of aromatic nitrogens is 2. The fourth-order valence-corrected chi connectivity index (χ4v) is 2.00. The van der Waals surface area contributed by atoms with Gasteiger partial charge in [-0.15, -0.1) is 0 Å². The molecule has 0 spiro atoms. The van der Waals surface area contributed by atoms with E-state index in [9.17, 15) is 0 Å². The monoisotopic (exact) mass is 238 g/mol. The summed E-state index contributed by atoms with van der Waals surface area (Å²) in [6, 6.07) is 0.446. The molecular formula is C13H26N4. The summed E-state index contributed by atoms with van der Waals surface area (Å²) < 4.78 is 1.86. The normalized spacial score (nSPS) is 12.7. The van der Waals surface area contributed by atoms with Crippen LogP contribution in [0.15, 0.2) is 0 Å². The Morgan fingerprint density at radius 2 is 2.06 bits per heavy atom. The lowest BCUT2D eigenvalue weighted by atomic mass is 10.1. The third kappa shape index (κ3) is 3.65. The first-order valence-corrected chi connectivity index (χ1v) is 6.68. The molecule has 1 rings (SSSR count). The zero-order chi connectivity index (χ0) is 12.8. The zero-order valence-corrected chi connectivity index (χ0v) is 11.6. The van der Waals surface area contributed by atoms with E-state index in [1.165, 1.54) is 19.3 Å². The van der Waals surface area contributed by atoms with Gasteiger partial charge in [0, 0.05) is 13.1 Å². The van der Waals surface area contributed by atoms with Crippen molar-refractivity contribution in [3.63, 3.8) is 0 Å². The average Bonchev–Trinajstić information content (AvgIpc) is 2.55. The molecule has 1 atom stereocenters. The summed E-state index contributed by atoms with van der Waals surface area (Å²) in [4.78, 5) is 0. The summed E-state index contributed by atoms with van der Waals surface area (Å²) in [5.74, 6) is 0.969. The lowest BCUT2D eigenvalue weighted by molar-refractivity contribution is 0.634. The maximum Gasteiger partial charge on any atom is 0.147 e. The molecule has 0 saturated heterocycles. The van der Waals surface area contributed by atoms with Gasteiger partial charge in [0.15, 0.2) is 0 Å². The molecule has 0 saturated carbocycles. The molecule has 4 nitrogen and oxygen atoms in total. The molecule has 0 fully saturated rings. The van der Waals surface area contributed by atoms with E-state index in [2.05, 4.69) is 31.2 Å². The SMILES string of the molecule is CCCCC(C)Nc1c(N)c(CCC)nn1C. The Kier molecular flexibility index (Phi) is 5.32. The van der Waals surface area contributed by atoms with Crippen molar-refractivity contribution in [2.45, 2.75) is 58.9 Å². The number of unbranched alkanes of at least 4 members (excludes halogenated alkanes) is 1. The van der Waals surface area contributed by atoms with Gasteiger partial charge in [-0.05, 0) is 19.8 Å². The third-order valence-electron chi connectivity index (χ3n) is 3.02. The molecule has 0 radical (unpaired) electrons. The second-order valence-electron chi connectivity index (χ2n) is 4.77. The third-order valence-corrected chi connectivity index (χ3v) is 3.02. The molecule has 1 aromatic rings. The number of nitrogens with zero attached hydrogens (tertiary/aromatic N) is 2. The van der Waals surface area contributed by atoms with Gasteiger partial charge in [-0.1, -0.05) is 33.1 Å². The van der Waals surface area contributed by atoms with Crippen LogP contribution < -0.4 is 11.1 Å². The summed E-state index contributed by atoms with van der Waals surface area (Å²) >= 11 is 0. The molecule has 0 aliphatic heterocycles. The van der Waals surface area contributed by atoms with Crippen molar-refractivity contribution in [3.8, 4) is 0 Å². The zero-order valence-electron chi connectivity index (χ0n) is 11.6. The predicted molar refractivity (Wildman–Crippen MR) is 74.2 cm³/mol. The number of hydrogen-bond acceptors (Lipinski definition) is 3. The summed E-state index contributed by atoms with van der Waals surface area (Å²) in [5, 5.41) is 7.93. The molecule has 0 aliphatic rings. The quantitative estimate of drug-likeness (QED) is 0.768. The molecule has 0 bridgehead atoms. The van der Waals surface area contributed by atoms with Crippen molar-refractivity contribution >= 4 is 11.5 Å². The predicted octanol–water partition coefficient (Wildman–Crippen LogP) is 2.95. The summed E-state index contributed by atoms with van der Waals surface area (Å²) in [5.41, 5.74) is 7.95. The largest absolute Gasteiger partial charge is 0.394 e. The topological polar surface area (TPSA) is 55.9 Å². The van der Waals surface area contributed by atoms with E-state index < -0.39 is 0 Å². The van der Waals surface area contributed by atoms with Crippen LogP contribution in [-0.4, -0.2) is 15.8 Å². The molecule has 17 heavy (non-hydrogen) atoms. The minimum Gasteiger partial charge on any atom is -0.394 e. The molecule has 0 aliphatic carbocycles. The van der Waals surface area contributed by atoms with Crippen molar-refractivity contribution in [3.05, 3.63) is 5.69 Å². The number of hydrogen-bond donors (Lipinski definition) is 2. The number of nitrogen functional groups attached to an aromatic ring is 1. The summed E-state index contributed by atoms with van der Waals surface area (Å²) in [6.45, 7) is 6.55. The van der Waals surface area contributed by atoms with Crippen LogP contribution in [0.4, 0.5) is 11.5 Å². The lowest BCUT2D eigenvalue weighted by Crippen LogP contribution is -2.18. The molecule has 4 heteroatoms. The second-order valence-corrected chi connectivity index (χ2v) is 4.77. The second kappa shape index (κ2) is 6.52. The Balaban J connectivity index is 2.69. The van der Waals surface area contributed by atoms with Crippen LogP contribution in [0.1, 0.15) is 52.1 Å². The van der Waals surface area contributed by atoms with Crippen LogP contribution in [0.3, 0.4) is 0 Å². The van der Waals surface area contributed by atoms with E-state index in [-0.39, 0.29) is 0 Å². The van der Waals surface area contributed by atoms with E-state index >= 15 is 0 Å². The van der Waals surface area contributed by atoms with Crippen molar-refractivity contribution in [1.29, 1.82) is 0 Å². The van der Waals surface area contributed by atoms with Gasteiger partial charge in [0.2, 0.25) is 0 Å². The van der Waals surface area contributed by atoms with Gasteiger partial charge in [-0.25, -0.2) is 0 Å². The first kappa shape index (κ1) is 13.9. The van der Waals surface area contributed by atoms with Crippen LogP contribution in [-0.2, 0) is 13.5 Å². The summed E-state index contributed by atoms with van der Waals surface area (Å²) in [6.07, 6.45) is 5.67. The highest BCUT2D eigenvalue weighted by atomic mass is 15.3. The van der Waals surface area contributed by atoms with Crippen LogP contribution in [0.5, 0.6) is 0 Å². The van der Waals surface area contributed by atoms with Crippen molar-refractivity contribution < 1.29 is 0 Å². The van der Waals surface area contributed by atoms with Gasteiger partial charge in [0.25, 0.3) is 0 Å². The van der Waals surface area contributed by atoms with Crippen molar-refractivity contribution in [2.24, 2.45) is 7.05 Å². The van der Waals surface area contributed by atoms with Crippen LogP contribution in [0.2, 0.25) is 0 Å². The van der Waals surface area contributed by atoms with E-state index in [1.807, 2.05) is 11.7 Å². The van der Waals surface area contributed by atoms with Crippen LogP contribution >= 0.6 is 0 Å². The van der Waals surface area contributed by atoms with Crippen LogP contribution in [0, 0.1) is 0 Å². The Labute approximate surface area is 105 Å². The average molecular weight is 238 g/mol. The number of nitrogens with one attached hydrogen (secondary N) is 1. The molecule has 1 heterocycles. The molecule has 0 aromatic carbocycles. The number of anilines is 2. The minimum absolute atomic E-state index is 0.446. The lowest BCUT2D eigenvalue weighted by Gasteiger charge is -2.15. The van der Waals surface area contributed by atoms with E-state index in [1.54, 1.807) is 0 Å². The Morgan fingerprint density at radius 1 is 1.35 bits per heavy atom. The van der Waals surface area contributed by atoms with E-state index in [4.69, 9.17) is 5.73 Å². The Bertz CT molecular complexity index is 343. The van der Waals surface area contributed by atoms with Gasteiger partial charge in [0.1, 0.15) is 5.82 Å². The molecule has 0 amide bonds. The molecule has 98 valence electrons. The van der Waals surface area contributed by atoms with Gasteiger partial charge in [0.05, 0.1) is 11.4 Å². The van der Waals surface area contributed by atoms with Gasteiger partial charge < -0.3 is 11.1 Å². The smallest absolute Gasteiger partial charge is 0.147 e. The minimum atomic E-state index is 0.446. The summed E-state index contributed by atoms with van der Waals surface area (Å²) in [7, 11) is 1.95. The number of rotatable bonds is 7.